The van der Waals surface area contributed by atoms with Crippen molar-refractivity contribution in [3.8, 4) is 0 Å². The third-order valence-electron chi connectivity index (χ3n) is 2.99. The Hall–Kier alpha value is -0.480. The summed E-state index contributed by atoms with van der Waals surface area (Å²) in [5.74, 6) is 2.51. The van der Waals surface area contributed by atoms with Crippen LogP contribution in [0.1, 0.15) is 12.8 Å². The molecule has 1 saturated heterocycles. The van der Waals surface area contributed by atoms with Crippen LogP contribution in [0.4, 0.5) is 5.82 Å². The maximum Gasteiger partial charge on any atom is 0.133 e. The smallest absolute Gasteiger partial charge is 0.133 e. The lowest BCUT2D eigenvalue weighted by molar-refractivity contribution is 0.440. The van der Waals surface area contributed by atoms with Gasteiger partial charge in [0.25, 0.3) is 0 Å². The third-order valence-corrected chi connectivity index (χ3v) is 4.07. The van der Waals surface area contributed by atoms with E-state index < -0.39 is 0 Å². The van der Waals surface area contributed by atoms with Crippen molar-refractivity contribution in [3.63, 3.8) is 0 Å². The van der Waals surface area contributed by atoms with Crippen molar-refractivity contribution in [2.24, 2.45) is 5.92 Å². The molecular weight excluding hydrogens is 242 g/mol. The average molecular weight is 258 g/mol. The highest BCUT2D eigenvalue weighted by Crippen LogP contribution is 2.24. The van der Waals surface area contributed by atoms with Crippen LogP contribution in [0.15, 0.2) is 17.4 Å². The molecule has 3 nitrogen and oxygen atoms in total. The fourth-order valence-corrected chi connectivity index (χ4v) is 2.62. The summed E-state index contributed by atoms with van der Waals surface area (Å²) in [7, 11) is 0. The monoisotopic (exact) mass is 257 g/mol. The lowest BCUT2D eigenvalue weighted by Gasteiger charge is -2.31. The molecule has 2 heterocycles. The number of rotatable bonds is 3. The highest BCUT2D eigenvalue weighted by atomic mass is 35.5. The molecule has 1 aromatic rings. The number of hydrogen-bond donors (Lipinski definition) is 0. The number of alkyl halides is 1. The van der Waals surface area contributed by atoms with Crippen molar-refractivity contribution in [2.75, 3.05) is 30.1 Å². The minimum Gasteiger partial charge on any atom is -0.356 e. The minimum atomic E-state index is 0.680. The van der Waals surface area contributed by atoms with Crippen LogP contribution in [-0.4, -0.2) is 35.2 Å². The summed E-state index contributed by atoms with van der Waals surface area (Å²) in [6.07, 6.45) is 6.02. The molecule has 0 aromatic carbocycles. The molecule has 0 N–H and O–H groups in total. The van der Waals surface area contributed by atoms with Gasteiger partial charge in [-0.05, 0) is 25.0 Å². The number of nitrogens with zero attached hydrogens (tertiary/aromatic N) is 3. The van der Waals surface area contributed by atoms with E-state index in [0.29, 0.717) is 5.92 Å². The Morgan fingerprint density at radius 3 is 2.81 bits per heavy atom. The Morgan fingerprint density at radius 1 is 1.44 bits per heavy atom. The predicted molar refractivity (Wildman–Crippen MR) is 69.5 cm³/mol. The van der Waals surface area contributed by atoms with Crippen LogP contribution < -0.4 is 4.90 Å². The minimum absolute atomic E-state index is 0.680. The third kappa shape index (κ3) is 2.80. The molecule has 0 atom stereocenters. The van der Waals surface area contributed by atoms with Crippen LogP contribution in [0.25, 0.3) is 0 Å². The van der Waals surface area contributed by atoms with Crippen molar-refractivity contribution >= 4 is 29.2 Å². The SMILES string of the molecule is CSc1cc(N2CCC(CCl)CC2)ncn1. The van der Waals surface area contributed by atoms with Crippen LogP contribution >= 0.6 is 23.4 Å². The maximum absolute atomic E-state index is 5.87. The van der Waals surface area contributed by atoms with E-state index >= 15 is 0 Å². The summed E-state index contributed by atoms with van der Waals surface area (Å²) < 4.78 is 0. The van der Waals surface area contributed by atoms with Crippen LogP contribution in [0.5, 0.6) is 0 Å². The van der Waals surface area contributed by atoms with Gasteiger partial charge in [-0.2, -0.15) is 0 Å². The molecule has 1 aromatic heterocycles. The van der Waals surface area contributed by atoms with Crippen molar-refractivity contribution in [3.05, 3.63) is 12.4 Å². The Bertz CT molecular complexity index is 340. The molecule has 5 heteroatoms. The van der Waals surface area contributed by atoms with E-state index in [4.69, 9.17) is 11.6 Å². The summed E-state index contributed by atoms with van der Waals surface area (Å²) in [5, 5.41) is 1.03. The van der Waals surface area contributed by atoms with Gasteiger partial charge in [-0.15, -0.1) is 23.4 Å². The van der Waals surface area contributed by atoms with E-state index in [-0.39, 0.29) is 0 Å². The van der Waals surface area contributed by atoms with E-state index in [2.05, 4.69) is 20.9 Å². The number of piperidine rings is 1. The van der Waals surface area contributed by atoms with E-state index in [1.807, 2.05) is 6.26 Å². The van der Waals surface area contributed by atoms with Gasteiger partial charge in [0.15, 0.2) is 0 Å². The van der Waals surface area contributed by atoms with Gasteiger partial charge >= 0.3 is 0 Å². The molecular formula is C11H16ClN3S. The van der Waals surface area contributed by atoms with Crippen molar-refractivity contribution in [1.82, 2.24) is 9.97 Å². The highest BCUT2D eigenvalue weighted by Gasteiger charge is 2.19. The van der Waals surface area contributed by atoms with Gasteiger partial charge in [0.2, 0.25) is 0 Å². The number of hydrogen-bond acceptors (Lipinski definition) is 4. The molecule has 0 bridgehead atoms. The molecule has 0 aliphatic carbocycles. The largest absolute Gasteiger partial charge is 0.356 e. The van der Waals surface area contributed by atoms with Gasteiger partial charge in [-0.3, -0.25) is 0 Å². The second kappa shape index (κ2) is 5.73. The number of thioether (sulfide) groups is 1. The van der Waals surface area contributed by atoms with Crippen LogP contribution in [-0.2, 0) is 0 Å². The molecule has 16 heavy (non-hydrogen) atoms. The number of halogens is 1. The topological polar surface area (TPSA) is 29.0 Å². The van der Waals surface area contributed by atoms with Crippen molar-refractivity contribution in [2.45, 2.75) is 17.9 Å². The fraction of sp³-hybridized carbons (Fsp3) is 0.636. The first-order valence-corrected chi connectivity index (χ1v) is 7.26. The Morgan fingerprint density at radius 2 is 2.19 bits per heavy atom. The average Bonchev–Trinajstić information content (AvgIpc) is 2.39. The zero-order valence-corrected chi connectivity index (χ0v) is 11.0. The molecule has 0 unspecified atom stereocenters. The van der Waals surface area contributed by atoms with Gasteiger partial charge < -0.3 is 4.90 Å². The molecule has 0 saturated carbocycles. The van der Waals surface area contributed by atoms with E-state index in [0.717, 1.165) is 29.8 Å². The second-order valence-corrected chi connectivity index (χ2v) is 5.14. The molecule has 1 aliphatic rings. The van der Waals surface area contributed by atoms with Gasteiger partial charge in [-0.25, -0.2) is 9.97 Å². The first kappa shape index (κ1) is 12.0. The van der Waals surface area contributed by atoms with E-state index in [9.17, 15) is 0 Å². The first-order valence-electron chi connectivity index (χ1n) is 5.50. The maximum atomic E-state index is 5.87. The molecule has 1 fully saturated rings. The predicted octanol–water partition coefficient (Wildman–Crippen LogP) is 2.65. The standard InChI is InChI=1S/C11H16ClN3S/c1-16-11-6-10(13-8-14-11)15-4-2-9(7-12)3-5-15/h6,8-9H,2-5,7H2,1H3. The molecule has 0 spiro atoms. The van der Waals surface area contributed by atoms with Gasteiger partial charge in [-0.1, -0.05) is 0 Å². The zero-order valence-electron chi connectivity index (χ0n) is 9.40. The van der Waals surface area contributed by atoms with Crippen molar-refractivity contribution in [1.29, 1.82) is 0 Å². The number of anilines is 1. The zero-order chi connectivity index (χ0) is 11.4. The Labute approximate surface area is 106 Å². The first-order chi connectivity index (χ1) is 7.83. The van der Waals surface area contributed by atoms with Gasteiger partial charge in [0.05, 0.1) is 0 Å². The second-order valence-electron chi connectivity index (χ2n) is 4.00. The van der Waals surface area contributed by atoms with Crippen LogP contribution in [0.3, 0.4) is 0 Å². The number of aromatic nitrogens is 2. The molecule has 1 aliphatic heterocycles. The quantitative estimate of drug-likeness (QED) is 0.473. The fourth-order valence-electron chi connectivity index (χ4n) is 1.93. The molecule has 88 valence electrons. The normalized spacial score (nSPS) is 17.8. The van der Waals surface area contributed by atoms with Crippen molar-refractivity contribution < 1.29 is 0 Å². The Kier molecular flexibility index (Phi) is 4.29. The lowest BCUT2D eigenvalue weighted by atomic mass is 9.99. The molecule has 2 rings (SSSR count). The Balaban J connectivity index is 2.02. The summed E-state index contributed by atoms with van der Waals surface area (Å²) in [6, 6.07) is 2.06. The van der Waals surface area contributed by atoms with Crippen LogP contribution in [0, 0.1) is 5.92 Å². The summed E-state index contributed by atoms with van der Waals surface area (Å²) in [4.78, 5) is 10.8. The summed E-state index contributed by atoms with van der Waals surface area (Å²) in [6.45, 7) is 2.12. The highest BCUT2D eigenvalue weighted by molar-refractivity contribution is 7.98. The van der Waals surface area contributed by atoms with Crippen LogP contribution in [0.2, 0.25) is 0 Å². The lowest BCUT2D eigenvalue weighted by Crippen LogP contribution is -2.34. The van der Waals surface area contributed by atoms with E-state index in [1.165, 1.54) is 12.8 Å². The van der Waals surface area contributed by atoms with Gasteiger partial charge in [0.1, 0.15) is 17.2 Å². The van der Waals surface area contributed by atoms with Gasteiger partial charge in [0, 0.05) is 25.0 Å². The summed E-state index contributed by atoms with van der Waals surface area (Å²) >= 11 is 7.53. The summed E-state index contributed by atoms with van der Waals surface area (Å²) in [5.41, 5.74) is 0. The molecule has 0 radical (unpaired) electrons. The van der Waals surface area contributed by atoms with E-state index in [1.54, 1.807) is 18.1 Å². The molecule has 0 amide bonds.